The lowest BCUT2D eigenvalue weighted by Gasteiger charge is -2.24. The summed E-state index contributed by atoms with van der Waals surface area (Å²) in [5.74, 6) is 3.02. The summed E-state index contributed by atoms with van der Waals surface area (Å²) >= 11 is 0. The standard InChI is InChI=1S/C14H29N3.HI/c1-11(2)8-9-16-14(15)17-10-13-6-4-12(3)5-7-13;/h11-13H,4-10H2,1-3H3,(H3,15,16,17);1H. The van der Waals surface area contributed by atoms with E-state index in [0.29, 0.717) is 5.96 Å². The van der Waals surface area contributed by atoms with Crippen LogP contribution in [0.25, 0.3) is 0 Å². The van der Waals surface area contributed by atoms with Gasteiger partial charge in [0, 0.05) is 13.1 Å². The van der Waals surface area contributed by atoms with E-state index in [4.69, 9.17) is 5.73 Å². The van der Waals surface area contributed by atoms with Crippen molar-refractivity contribution in [1.82, 2.24) is 5.32 Å². The molecule has 1 fully saturated rings. The summed E-state index contributed by atoms with van der Waals surface area (Å²) in [5.41, 5.74) is 5.84. The van der Waals surface area contributed by atoms with E-state index in [2.05, 4.69) is 31.1 Å². The lowest BCUT2D eigenvalue weighted by molar-refractivity contribution is 0.296. The first-order valence-corrected chi connectivity index (χ1v) is 7.11. The van der Waals surface area contributed by atoms with Gasteiger partial charge in [0.1, 0.15) is 0 Å². The van der Waals surface area contributed by atoms with Gasteiger partial charge in [0.2, 0.25) is 0 Å². The second-order valence-corrected chi connectivity index (χ2v) is 5.96. The van der Waals surface area contributed by atoms with Crippen molar-refractivity contribution in [2.75, 3.05) is 13.1 Å². The van der Waals surface area contributed by atoms with E-state index < -0.39 is 0 Å². The summed E-state index contributed by atoms with van der Waals surface area (Å²) < 4.78 is 0. The predicted molar refractivity (Wildman–Crippen MR) is 90.5 cm³/mol. The SMILES string of the molecule is CC(C)CCNC(N)=NCC1CCC(C)CC1.I. The van der Waals surface area contributed by atoms with Gasteiger partial charge in [-0.05, 0) is 37.0 Å². The van der Waals surface area contributed by atoms with Crippen molar-refractivity contribution >= 4 is 29.9 Å². The van der Waals surface area contributed by atoms with Gasteiger partial charge in [0.05, 0.1) is 0 Å². The topological polar surface area (TPSA) is 50.4 Å². The normalized spacial score (nSPS) is 24.8. The van der Waals surface area contributed by atoms with E-state index in [1.807, 2.05) is 0 Å². The van der Waals surface area contributed by atoms with Gasteiger partial charge in [0.15, 0.2) is 5.96 Å². The number of hydrogen-bond acceptors (Lipinski definition) is 1. The zero-order valence-corrected chi connectivity index (χ0v) is 14.4. The zero-order valence-electron chi connectivity index (χ0n) is 12.1. The Morgan fingerprint density at radius 2 is 1.89 bits per heavy atom. The van der Waals surface area contributed by atoms with Gasteiger partial charge >= 0.3 is 0 Å². The van der Waals surface area contributed by atoms with Crippen LogP contribution >= 0.6 is 24.0 Å². The third kappa shape index (κ3) is 8.16. The Labute approximate surface area is 129 Å². The highest BCUT2D eigenvalue weighted by molar-refractivity contribution is 14.0. The summed E-state index contributed by atoms with van der Waals surface area (Å²) in [6.45, 7) is 8.64. The van der Waals surface area contributed by atoms with Crippen molar-refractivity contribution in [3.63, 3.8) is 0 Å². The molecule has 0 radical (unpaired) electrons. The molecule has 0 aromatic rings. The highest BCUT2D eigenvalue weighted by atomic mass is 127. The summed E-state index contributed by atoms with van der Waals surface area (Å²) in [4.78, 5) is 4.45. The number of nitrogens with one attached hydrogen (secondary N) is 1. The molecule has 1 aliphatic carbocycles. The average molecular weight is 367 g/mol. The fourth-order valence-corrected chi connectivity index (χ4v) is 2.28. The first kappa shape index (κ1) is 18.0. The molecule has 0 aromatic carbocycles. The molecule has 0 heterocycles. The zero-order chi connectivity index (χ0) is 12.7. The van der Waals surface area contributed by atoms with Crippen LogP contribution in [0.15, 0.2) is 4.99 Å². The van der Waals surface area contributed by atoms with Crippen LogP contribution in [0.3, 0.4) is 0 Å². The quantitative estimate of drug-likeness (QED) is 0.445. The number of nitrogens with zero attached hydrogens (tertiary/aromatic N) is 1. The van der Waals surface area contributed by atoms with Gasteiger partial charge in [0.25, 0.3) is 0 Å². The minimum absolute atomic E-state index is 0. The Morgan fingerprint density at radius 3 is 2.44 bits per heavy atom. The first-order chi connectivity index (χ1) is 8.08. The molecule has 4 heteroatoms. The maximum Gasteiger partial charge on any atom is 0.188 e. The van der Waals surface area contributed by atoms with Crippen LogP contribution in [0.4, 0.5) is 0 Å². The molecule has 0 saturated heterocycles. The number of rotatable bonds is 5. The molecule has 0 atom stereocenters. The molecule has 3 N–H and O–H groups in total. The molecule has 18 heavy (non-hydrogen) atoms. The number of aliphatic imine (C=N–C) groups is 1. The van der Waals surface area contributed by atoms with E-state index in [-0.39, 0.29) is 24.0 Å². The van der Waals surface area contributed by atoms with Crippen molar-refractivity contribution in [3.05, 3.63) is 0 Å². The molecule has 1 aliphatic rings. The van der Waals surface area contributed by atoms with Crippen LogP contribution in [-0.2, 0) is 0 Å². The van der Waals surface area contributed by atoms with Crippen molar-refractivity contribution in [3.8, 4) is 0 Å². The average Bonchev–Trinajstić information content (AvgIpc) is 2.28. The highest BCUT2D eigenvalue weighted by Gasteiger charge is 2.17. The van der Waals surface area contributed by atoms with Crippen molar-refractivity contribution in [1.29, 1.82) is 0 Å². The largest absolute Gasteiger partial charge is 0.370 e. The summed E-state index contributed by atoms with van der Waals surface area (Å²) in [6, 6.07) is 0. The minimum atomic E-state index is 0. The van der Waals surface area contributed by atoms with E-state index in [9.17, 15) is 0 Å². The Bertz CT molecular complexity index is 233. The van der Waals surface area contributed by atoms with Crippen molar-refractivity contribution in [2.24, 2.45) is 28.5 Å². The van der Waals surface area contributed by atoms with Crippen molar-refractivity contribution in [2.45, 2.75) is 52.9 Å². The molecular weight excluding hydrogens is 337 g/mol. The van der Waals surface area contributed by atoms with Crippen LogP contribution in [0.2, 0.25) is 0 Å². The molecule has 108 valence electrons. The van der Waals surface area contributed by atoms with Gasteiger partial charge in [-0.25, -0.2) is 0 Å². The molecule has 0 unspecified atom stereocenters. The molecule has 0 amide bonds. The van der Waals surface area contributed by atoms with Gasteiger partial charge in [-0.1, -0.05) is 33.6 Å². The number of hydrogen-bond donors (Lipinski definition) is 2. The minimum Gasteiger partial charge on any atom is -0.370 e. The molecule has 0 aromatic heterocycles. The Balaban J connectivity index is 0.00000289. The Morgan fingerprint density at radius 1 is 1.28 bits per heavy atom. The molecule has 1 rings (SSSR count). The van der Waals surface area contributed by atoms with Crippen LogP contribution < -0.4 is 11.1 Å². The maximum absolute atomic E-state index is 5.84. The number of halogens is 1. The Kier molecular flexibility index (Phi) is 9.87. The van der Waals surface area contributed by atoms with Crippen LogP contribution in [0.5, 0.6) is 0 Å². The molecule has 0 aliphatic heterocycles. The monoisotopic (exact) mass is 367 g/mol. The maximum atomic E-state index is 5.84. The van der Waals surface area contributed by atoms with Gasteiger partial charge < -0.3 is 11.1 Å². The number of guanidine groups is 1. The fourth-order valence-electron chi connectivity index (χ4n) is 2.28. The third-order valence-electron chi connectivity index (χ3n) is 3.68. The van der Waals surface area contributed by atoms with Gasteiger partial charge in [-0.2, -0.15) is 0 Å². The van der Waals surface area contributed by atoms with E-state index in [1.165, 1.54) is 25.7 Å². The Hall–Kier alpha value is 0. The smallest absolute Gasteiger partial charge is 0.188 e. The van der Waals surface area contributed by atoms with E-state index in [1.54, 1.807) is 0 Å². The van der Waals surface area contributed by atoms with Gasteiger partial charge in [-0.15, -0.1) is 24.0 Å². The fraction of sp³-hybridized carbons (Fsp3) is 0.929. The van der Waals surface area contributed by atoms with Crippen LogP contribution in [-0.4, -0.2) is 19.0 Å². The first-order valence-electron chi connectivity index (χ1n) is 7.11. The predicted octanol–water partition coefficient (Wildman–Crippen LogP) is 3.38. The van der Waals surface area contributed by atoms with Gasteiger partial charge in [-0.3, -0.25) is 4.99 Å². The molecular formula is C14H30IN3. The van der Waals surface area contributed by atoms with E-state index >= 15 is 0 Å². The number of nitrogens with two attached hydrogens (primary N) is 1. The molecule has 0 spiro atoms. The van der Waals surface area contributed by atoms with E-state index in [0.717, 1.165) is 37.3 Å². The summed E-state index contributed by atoms with van der Waals surface area (Å²) in [6.07, 6.45) is 6.52. The van der Waals surface area contributed by atoms with Crippen LogP contribution in [0, 0.1) is 17.8 Å². The van der Waals surface area contributed by atoms with Crippen LogP contribution in [0.1, 0.15) is 52.9 Å². The second-order valence-electron chi connectivity index (χ2n) is 5.96. The van der Waals surface area contributed by atoms with Crippen molar-refractivity contribution < 1.29 is 0 Å². The lowest BCUT2D eigenvalue weighted by Crippen LogP contribution is -2.33. The molecule has 3 nitrogen and oxygen atoms in total. The molecule has 1 saturated carbocycles. The highest BCUT2D eigenvalue weighted by Crippen LogP contribution is 2.28. The molecule has 0 bridgehead atoms. The summed E-state index contributed by atoms with van der Waals surface area (Å²) in [5, 5.41) is 3.19. The second kappa shape index (κ2) is 9.87. The summed E-state index contributed by atoms with van der Waals surface area (Å²) in [7, 11) is 0. The lowest BCUT2D eigenvalue weighted by atomic mass is 9.83. The third-order valence-corrected chi connectivity index (χ3v) is 3.68.